The molecule has 1 aromatic carbocycles. The molecule has 52 heavy (non-hydrogen) atoms. The number of carbonyl (C=O) groups is 4. The molecule has 3 aromatic rings. The average Bonchev–Trinajstić information content (AvgIpc) is 3.81. The highest BCUT2D eigenvalue weighted by Gasteiger charge is 2.46. The van der Waals surface area contributed by atoms with Crippen molar-refractivity contribution in [2.45, 2.75) is 114 Å². The molecule has 0 unspecified atom stereocenters. The Balaban J connectivity index is 0.886. The molecule has 14 heteroatoms. The second-order valence-electron chi connectivity index (χ2n) is 14.1. The summed E-state index contributed by atoms with van der Waals surface area (Å²) in [6, 6.07) is 7.38. The van der Waals surface area contributed by atoms with Crippen LogP contribution < -0.4 is 26.2 Å². The zero-order valence-corrected chi connectivity index (χ0v) is 30.4. The number of nitrogens with zero attached hydrogens (tertiary/aromatic N) is 2. The van der Waals surface area contributed by atoms with E-state index in [0.29, 0.717) is 60.3 Å². The highest BCUT2D eigenvalue weighted by molar-refractivity contribution is 8.00. The highest BCUT2D eigenvalue weighted by Crippen LogP contribution is 2.41. The van der Waals surface area contributed by atoms with Crippen molar-refractivity contribution in [3.05, 3.63) is 56.9 Å². The Morgan fingerprint density at radius 2 is 1.90 bits per heavy atom. The average molecular weight is 732 g/mol. The first-order chi connectivity index (χ1) is 25.1. The van der Waals surface area contributed by atoms with Crippen molar-refractivity contribution >= 4 is 46.5 Å². The summed E-state index contributed by atoms with van der Waals surface area (Å²) in [5.41, 5.74) is 2.11. The van der Waals surface area contributed by atoms with Gasteiger partial charge in [0, 0.05) is 46.9 Å². The van der Waals surface area contributed by atoms with E-state index in [1.54, 1.807) is 29.7 Å². The lowest BCUT2D eigenvalue weighted by atomic mass is 9.86. The van der Waals surface area contributed by atoms with E-state index in [4.69, 9.17) is 14.5 Å². The predicted molar refractivity (Wildman–Crippen MR) is 195 cm³/mol. The smallest absolute Gasteiger partial charge is 0.343 e. The minimum absolute atomic E-state index is 0.0416. The number of hydrogen-bond donors (Lipinski definition) is 4. The Morgan fingerprint density at radius 3 is 2.71 bits per heavy atom. The number of esters is 2. The molecule has 0 radical (unpaired) electrons. The van der Waals surface area contributed by atoms with Crippen LogP contribution in [0.4, 0.5) is 4.79 Å². The third kappa shape index (κ3) is 6.78. The summed E-state index contributed by atoms with van der Waals surface area (Å²) < 4.78 is 12.5. The van der Waals surface area contributed by atoms with Gasteiger partial charge < -0.3 is 35.1 Å². The normalized spacial score (nSPS) is 22.6. The molecule has 3 amide bonds. The molecule has 6 heterocycles. The Labute approximate surface area is 305 Å². The van der Waals surface area contributed by atoms with Gasteiger partial charge in [0.05, 0.1) is 41.1 Å². The maximum Gasteiger partial charge on any atom is 0.343 e. The molecule has 2 fully saturated rings. The molecule has 0 saturated carbocycles. The Morgan fingerprint density at radius 1 is 1.08 bits per heavy atom. The number of unbranched alkanes of at least 4 members (excludes halogenated alkanes) is 3. The largest absolute Gasteiger partial charge is 0.458 e. The van der Waals surface area contributed by atoms with Crippen molar-refractivity contribution in [1.29, 1.82) is 0 Å². The van der Waals surface area contributed by atoms with Crippen LogP contribution in [0.3, 0.4) is 0 Å². The van der Waals surface area contributed by atoms with E-state index >= 15 is 0 Å². The van der Waals surface area contributed by atoms with Gasteiger partial charge in [0.15, 0.2) is 5.60 Å². The fourth-order valence-corrected chi connectivity index (χ4v) is 9.50. The van der Waals surface area contributed by atoms with Gasteiger partial charge in [-0.05, 0) is 68.4 Å². The lowest BCUT2D eigenvalue weighted by Gasteiger charge is -2.31. The number of aromatic nitrogens is 2. The van der Waals surface area contributed by atoms with Crippen molar-refractivity contribution in [2.24, 2.45) is 0 Å². The van der Waals surface area contributed by atoms with Crippen molar-refractivity contribution in [1.82, 2.24) is 25.5 Å². The van der Waals surface area contributed by atoms with Crippen LogP contribution in [-0.2, 0) is 44.3 Å². The van der Waals surface area contributed by atoms with Gasteiger partial charge in [-0.1, -0.05) is 26.7 Å². The lowest BCUT2D eigenvalue weighted by molar-refractivity contribution is -0.172. The number of urea groups is 1. The number of amides is 3. The number of ether oxygens (including phenoxy) is 2. The summed E-state index contributed by atoms with van der Waals surface area (Å²) in [5.74, 6) is 0.310. The van der Waals surface area contributed by atoms with E-state index in [1.165, 1.54) is 0 Å². The topological polar surface area (TPSA) is 178 Å². The molecule has 7 rings (SSSR count). The molecule has 4 aliphatic heterocycles. The van der Waals surface area contributed by atoms with E-state index in [0.717, 1.165) is 54.4 Å². The fourth-order valence-electron chi connectivity index (χ4n) is 7.95. The van der Waals surface area contributed by atoms with Gasteiger partial charge in [0.25, 0.3) is 5.56 Å². The van der Waals surface area contributed by atoms with Gasteiger partial charge in [-0.3, -0.25) is 14.4 Å². The number of thioether (sulfide) groups is 1. The number of hydrogen-bond acceptors (Lipinski definition) is 10. The molecule has 4 aliphatic rings. The number of fused-ring (bicyclic) bond motifs is 6. The first kappa shape index (κ1) is 36.0. The molecule has 13 nitrogen and oxygen atoms in total. The Kier molecular flexibility index (Phi) is 10.3. The molecule has 4 N–H and O–H groups in total. The second kappa shape index (κ2) is 14.9. The van der Waals surface area contributed by atoms with Crippen molar-refractivity contribution in [3.63, 3.8) is 0 Å². The molecule has 0 spiro atoms. The van der Waals surface area contributed by atoms with Crippen LogP contribution in [-0.4, -0.2) is 68.2 Å². The summed E-state index contributed by atoms with van der Waals surface area (Å²) in [6.07, 6.45) is 6.42. The minimum Gasteiger partial charge on any atom is -0.458 e. The molecular formula is C38H45N5O8S. The summed E-state index contributed by atoms with van der Waals surface area (Å²) >= 11 is 1.89. The van der Waals surface area contributed by atoms with Crippen LogP contribution >= 0.6 is 11.8 Å². The van der Waals surface area contributed by atoms with E-state index < -0.39 is 11.6 Å². The molecule has 2 saturated heterocycles. The van der Waals surface area contributed by atoms with Gasteiger partial charge in [0.2, 0.25) is 5.91 Å². The van der Waals surface area contributed by atoms with E-state index in [9.17, 15) is 29.1 Å². The second-order valence-corrected chi connectivity index (χ2v) is 15.3. The summed E-state index contributed by atoms with van der Waals surface area (Å²) in [6.45, 7) is 4.38. The zero-order chi connectivity index (χ0) is 36.6. The maximum atomic E-state index is 13.6. The fraction of sp³-hybridized carbons (Fsp3) is 0.526. The lowest BCUT2D eigenvalue weighted by Crippen LogP contribution is -2.44. The van der Waals surface area contributed by atoms with Crippen LogP contribution in [0, 0.1) is 0 Å². The third-order valence-electron chi connectivity index (χ3n) is 10.8. The summed E-state index contributed by atoms with van der Waals surface area (Å²) in [7, 11) is 0. The van der Waals surface area contributed by atoms with Crippen LogP contribution in [0.15, 0.2) is 29.1 Å². The van der Waals surface area contributed by atoms with Gasteiger partial charge in [-0.2, -0.15) is 11.8 Å². The van der Waals surface area contributed by atoms with Crippen molar-refractivity contribution in [3.8, 4) is 17.1 Å². The SMILES string of the molecule is CCc1c2c(nc3ccc(OC(=O)CCCCCNC(=O)CCCC[C@@H]4SC[C@@H]5NC(=O)N[C@@H]54)cc13)-c1cc3c(c(=O)n1C2)COC(=O)[C@]3(O)CC. The summed E-state index contributed by atoms with van der Waals surface area (Å²) in [4.78, 5) is 67.6. The number of benzene rings is 1. The molecule has 4 atom stereocenters. The van der Waals surface area contributed by atoms with Crippen LogP contribution in [0.1, 0.15) is 93.9 Å². The zero-order valence-electron chi connectivity index (χ0n) is 29.5. The van der Waals surface area contributed by atoms with Gasteiger partial charge >= 0.3 is 18.0 Å². The molecule has 0 bridgehead atoms. The van der Waals surface area contributed by atoms with E-state index in [1.807, 2.05) is 24.8 Å². The number of aliphatic hydroxyl groups is 1. The first-order valence-corrected chi connectivity index (χ1v) is 19.4. The first-order valence-electron chi connectivity index (χ1n) is 18.4. The van der Waals surface area contributed by atoms with Gasteiger partial charge in [-0.25, -0.2) is 14.6 Å². The number of cyclic esters (lactones) is 1. The van der Waals surface area contributed by atoms with E-state index in [-0.39, 0.29) is 66.1 Å². The number of nitrogens with one attached hydrogen (secondary N) is 3. The third-order valence-corrected chi connectivity index (χ3v) is 12.3. The van der Waals surface area contributed by atoms with Crippen molar-refractivity contribution in [2.75, 3.05) is 12.3 Å². The maximum absolute atomic E-state index is 13.6. The number of aryl methyl sites for hydroxylation is 1. The highest BCUT2D eigenvalue weighted by atomic mass is 32.2. The van der Waals surface area contributed by atoms with Crippen LogP contribution in [0.25, 0.3) is 22.3 Å². The monoisotopic (exact) mass is 731 g/mol. The quantitative estimate of drug-likeness (QED) is 0.0643. The Hall–Kier alpha value is -4.43. The van der Waals surface area contributed by atoms with Crippen LogP contribution in [0.5, 0.6) is 5.75 Å². The summed E-state index contributed by atoms with van der Waals surface area (Å²) in [5, 5.41) is 21.3. The number of rotatable bonds is 14. The molecule has 2 aromatic heterocycles. The van der Waals surface area contributed by atoms with Gasteiger partial charge in [-0.15, -0.1) is 0 Å². The standard InChI is InChI=1S/C38H45N5O8S/c1-3-22-23-16-21(51-32(45)12-6-5-9-15-39-31(44)11-8-7-10-30-34-28(20-52-30)41-37(48)42-34)13-14-27(23)40-33-24(22)18-43-29(33)17-26-25(35(43)46)19-50-36(47)38(26,49)4-2/h13-14,16-17,28,30,34,49H,3-12,15,18-20H2,1-2H3,(H,39,44)(H2,41,42,48)/t28-,30-,34-,38-/m0/s1. The number of carbonyl (C=O) groups excluding carboxylic acids is 4. The predicted octanol–water partition coefficient (Wildman–Crippen LogP) is 3.95. The molecule has 0 aliphatic carbocycles. The minimum atomic E-state index is -1.89. The molecular weight excluding hydrogens is 687 g/mol. The Bertz CT molecular complexity index is 2000. The molecule has 276 valence electrons. The van der Waals surface area contributed by atoms with Crippen LogP contribution in [0.2, 0.25) is 0 Å². The van der Waals surface area contributed by atoms with Crippen molar-refractivity contribution < 1.29 is 33.8 Å². The van der Waals surface area contributed by atoms with Gasteiger partial charge in [0.1, 0.15) is 12.4 Å². The number of pyridine rings is 2. The van der Waals surface area contributed by atoms with E-state index in [2.05, 4.69) is 16.0 Å².